The summed E-state index contributed by atoms with van der Waals surface area (Å²) in [4.78, 5) is 18.4. The van der Waals surface area contributed by atoms with Gasteiger partial charge in [0.15, 0.2) is 0 Å². The normalized spacial score (nSPS) is 12.8. The molecule has 6 heteroatoms. The average Bonchev–Trinajstić information content (AvgIpc) is 2.71. The first kappa shape index (κ1) is 13.2. The van der Waals surface area contributed by atoms with Gasteiger partial charge >= 0.3 is 5.97 Å². The van der Waals surface area contributed by atoms with Crippen LogP contribution in [-0.4, -0.2) is 26.3 Å². The van der Waals surface area contributed by atoms with Crippen LogP contribution in [0.2, 0.25) is 5.02 Å². The van der Waals surface area contributed by atoms with E-state index in [4.69, 9.17) is 16.7 Å². The lowest BCUT2D eigenvalue weighted by Crippen LogP contribution is -2.15. The van der Waals surface area contributed by atoms with Crippen LogP contribution in [0.3, 0.4) is 0 Å². The summed E-state index contributed by atoms with van der Waals surface area (Å²) in [7, 11) is 0. The average molecular weight is 285 g/mol. The second-order valence-electron chi connectivity index (χ2n) is 3.89. The van der Waals surface area contributed by atoms with Crippen LogP contribution in [0.25, 0.3) is 11.0 Å². The smallest absolute Gasteiger partial charge is 0.316 e. The Labute approximate surface area is 114 Å². The number of H-pyrrole nitrogens is 1. The van der Waals surface area contributed by atoms with Crippen molar-refractivity contribution in [3.63, 3.8) is 0 Å². The maximum absolute atomic E-state index is 10.9. The van der Waals surface area contributed by atoms with E-state index in [9.17, 15) is 4.79 Å². The third kappa shape index (κ3) is 2.97. The van der Waals surface area contributed by atoms with E-state index in [1.54, 1.807) is 6.07 Å². The highest BCUT2D eigenvalue weighted by Crippen LogP contribution is 2.22. The molecule has 96 valence electrons. The number of aromatic nitrogens is 2. The number of aliphatic carboxylic acids is 1. The van der Waals surface area contributed by atoms with Gasteiger partial charge in [0.2, 0.25) is 0 Å². The molecule has 0 saturated carbocycles. The maximum atomic E-state index is 10.9. The van der Waals surface area contributed by atoms with Gasteiger partial charge in [-0.2, -0.15) is 0 Å². The van der Waals surface area contributed by atoms with Crippen molar-refractivity contribution in [2.75, 3.05) is 0 Å². The van der Waals surface area contributed by atoms with Crippen LogP contribution in [-0.2, 0) is 10.5 Å². The first-order chi connectivity index (χ1) is 8.60. The third-order valence-electron chi connectivity index (χ3n) is 2.56. The summed E-state index contributed by atoms with van der Waals surface area (Å²) in [6, 6.07) is 5.44. The molecule has 1 heterocycles. The summed E-state index contributed by atoms with van der Waals surface area (Å²) < 4.78 is 0. The highest BCUT2D eigenvalue weighted by Gasteiger charge is 2.16. The van der Waals surface area contributed by atoms with Crippen molar-refractivity contribution in [2.45, 2.75) is 24.3 Å². The predicted molar refractivity (Wildman–Crippen MR) is 74.1 cm³/mol. The number of hydrogen-bond donors (Lipinski definition) is 2. The second-order valence-corrected chi connectivity index (χ2v) is 5.52. The van der Waals surface area contributed by atoms with Crippen LogP contribution in [0.5, 0.6) is 0 Å². The van der Waals surface area contributed by atoms with Gasteiger partial charge in [0.05, 0.1) is 16.8 Å². The lowest BCUT2D eigenvalue weighted by atomic mass is 10.3. The first-order valence-electron chi connectivity index (χ1n) is 5.58. The zero-order valence-corrected chi connectivity index (χ0v) is 11.4. The van der Waals surface area contributed by atoms with Crippen molar-refractivity contribution >= 4 is 40.4 Å². The zero-order chi connectivity index (χ0) is 13.1. The fraction of sp³-hybridized carbons (Fsp3) is 0.333. The number of carboxylic acids is 1. The molecule has 1 unspecified atom stereocenters. The van der Waals surface area contributed by atoms with Crippen molar-refractivity contribution in [1.29, 1.82) is 0 Å². The van der Waals surface area contributed by atoms with E-state index < -0.39 is 5.97 Å². The lowest BCUT2D eigenvalue weighted by Gasteiger charge is -2.07. The van der Waals surface area contributed by atoms with Gasteiger partial charge in [-0.05, 0) is 24.6 Å². The Balaban J connectivity index is 2.10. The van der Waals surface area contributed by atoms with E-state index in [-0.39, 0.29) is 5.25 Å². The number of fused-ring (bicyclic) bond motifs is 1. The van der Waals surface area contributed by atoms with Gasteiger partial charge in [-0.25, -0.2) is 4.98 Å². The van der Waals surface area contributed by atoms with E-state index in [1.807, 2.05) is 19.1 Å². The molecular weight excluding hydrogens is 272 g/mol. The van der Waals surface area contributed by atoms with E-state index in [0.717, 1.165) is 16.9 Å². The Morgan fingerprint density at radius 3 is 3.06 bits per heavy atom. The summed E-state index contributed by atoms with van der Waals surface area (Å²) in [5.74, 6) is 0.551. The molecule has 18 heavy (non-hydrogen) atoms. The Bertz CT molecular complexity index is 570. The summed E-state index contributed by atoms with van der Waals surface area (Å²) in [5, 5.41) is 9.23. The number of imidazole rings is 1. The molecule has 0 spiro atoms. The number of rotatable bonds is 5. The molecule has 4 nitrogen and oxygen atoms in total. The van der Waals surface area contributed by atoms with E-state index in [1.165, 1.54) is 11.8 Å². The van der Waals surface area contributed by atoms with Crippen molar-refractivity contribution in [3.8, 4) is 0 Å². The molecule has 1 atom stereocenters. The number of nitrogens with one attached hydrogen (secondary N) is 1. The quantitative estimate of drug-likeness (QED) is 0.884. The van der Waals surface area contributed by atoms with Gasteiger partial charge in [0, 0.05) is 5.02 Å². The Kier molecular flexibility index (Phi) is 4.14. The summed E-state index contributed by atoms with van der Waals surface area (Å²) in [5.41, 5.74) is 1.72. The molecule has 0 aliphatic rings. The monoisotopic (exact) mass is 284 g/mol. The number of hydrogen-bond acceptors (Lipinski definition) is 3. The van der Waals surface area contributed by atoms with Crippen molar-refractivity contribution in [3.05, 3.63) is 29.0 Å². The van der Waals surface area contributed by atoms with Gasteiger partial charge in [-0.15, -0.1) is 11.8 Å². The van der Waals surface area contributed by atoms with Gasteiger partial charge < -0.3 is 10.1 Å². The highest BCUT2D eigenvalue weighted by atomic mass is 35.5. The largest absolute Gasteiger partial charge is 0.480 e. The predicted octanol–water partition coefficient (Wildman–Crippen LogP) is 3.31. The molecule has 1 aromatic heterocycles. The summed E-state index contributed by atoms with van der Waals surface area (Å²) in [6.07, 6.45) is 0.603. The fourth-order valence-electron chi connectivity index (χ4n) is 1.65. The van der Waals surface area contributed by atoms with Crippen LogP contribution >= 0.6 is 23.4 Å². The number of benzene rings is 1. The molecule has 1 aromatic carbocycles. The standard InChI is InChI=1S/C12H13ClN2O2S/c1-2-10(12(16)17)18-6-11-14-8-4-3-7(13)5-9(8)15-11/h3-5,10H,2,6H2,1H3,(H,14,15)(H,16,17). The number of aromatic amines is 1. The second kappa shape index (κ2) is 5.63. The summed E-state index contributed by atoms with van der Waals surface area (Å²) >= 11 is 7.26. The lowest BCUT2D eigenvalue weighted by molar-refractivity contribution is -0.136. The third-order valence-corrected chi connectivity index (χ3v) is 4.17. The molecule has 2 N–H and O–H groups in total. The number of carboxylic acid groups (broad SMARTS) is 1. The minimum atomic E-state index is -0.776. The zero-order valence-electron chi connectivity index (χ0n) is 9.81. The van der Waals surface area contributed by atoms with Gasteiger partial charge in [0.25, 0.3) is 0 Å². The topological polar surface area (TPSA) is 66.0 Å². The fourth-order valence-corrected chi connectivity index (χ4v) is 2.69. The van der Waals surface area contributed by atoms with Crippen molar-refractivity contribution < 1.29 is 9.90 Å². The van der Waals surface area contributed by atoms with Crippen LogP contribution < -0.4 is 0 Å². The minimum Gasteiger partial charge on any atom is -0.480 e. The van der Waals surface area contributed by atoms with Crippen LogP contribution in [0, 0.1) is 0 Å². The molecule has 0 amide bonds. The Hall–Kier alpha value is -1.20. The number of carbonyl (C=O) groups is 1. The molecule has 0 radical (unpaired) electrons. The molecule has 0 aliphatic heterocycles. The Morgan fingerprint density at radius 1 is 1.61 bits per heavy atom. The molecular formula is C12H13ClN2O2S. The number of halogens is 1. The minimum absolute atomic E-state index is 0.387. The molecule has 0 fully saturated rings. The van der Waals surface area contributed by atoms with E-state index in [2.05, 4.69) is 9.97 Å². The van der Waals surface area contributed by atoms with Crippen LogP contribution in [0.1, 0.15) is 19.2 Å². The van der Waals surface area contributed by atoms with Gasteiger partial charge in [-0.3, -0.25) is 4.79 Å². The summed E-state index contributed by atoms with van der Waals surface area (Å²) in [6.45, 7) is 1.87. The SMILES string of the molecule is CCC(SCc1nc2ccc(Cl)cc2[nH]1)C(=O)O. The highest BCUT2D eigenvalue weighted by molar-refractivity contribution is 7.99. The van der Waals surface area contributed by atoms with Gasteiger partial charge in [0.1, 0.15) is 11.1 Å². The molecule has 0 saturated heterocycles. The number of thioether (sulfide) groups is 1. The number of nitrogens with zero attached hydrogens (tertiary/aromatic N) is 1. The Morgan fingerprint density at radius 2 is 2.39 bits per heavy atom. The molecule has 0 bridgehead atoms. The maximum Gasteiger partial charge on any atom is 0.316 e. The molecule has 0 aliphatic carbocycles. The van der Waals surface area contributed by atoms with E-state index in [0.29, 0.717) is 17.2 Å². The van der Waals surface area contributed by atoms with Gasteiger partial charge in [-0.1, -0.05) is 18.5 Å². The first-order valence-corrected chi connectivity index (χ1v) is 7.01. The van der Waals surface area contributed by atoms with Crippen LogP contribution in [0.15, 0.2) is 18.2 Å². The molecule has 2 rings (SSSR count). The van der Waals surface area contributed by atoms with E-state index >= 15 is 0 Å². The van der Waals surface area contributed by atoms with Crippen LogP contribution in [0.4, 0.5) is 0 Å². The molecule has 2 aromatic rings. The van der Waals surface area contributed by atoms with Crippen molar-refractivity contribution in [1.82, 2.24) is 9.97 Å². The van der Waals surface area contributed by atoms with Crippen molar-refractivity contribution in [2.24, 2.45) is 0 Å².